The Morgan fingerprint density at radius 2 is 1.87 bits per heavy atom. The number of anilines is 1. The molecule has 6 unspecified atom stereocenters. The number of hydrogen-bond donors (Lipinski definition) is 4. The molecule has 4 aromatic rings. The Kier molecular flexibility index (Phi) is 8.84. The fourth-order valence-corrected chi connectivity index (χ4v) is 6.50. The van der Waals surface area contributed by atoms with Crippen molar-refractivity contribution in [3.8, 4) is 0 Å². The molecule has 0 bridgehead atoms. The molecule has 2 aromatic carbocycles. The number of benzene rings is 2. The van der Waals surface area contributed by atoms with Gasteiger partial charge in [-0.15, -0.1) is 0 Å². The highest BCUT2D eigenvalue weighted by Crippen LogP contribution is 2.51. The van der Waals surface area contributed by atoms with Gasteiger partial charge in [-0.3, -0.25) is 5.32 Å². The number of hydrogen-bond acceptors (Lipinski definition) is 9. The van der Waals surface area contributed by atoms with Gasteiger partial charge >= 0.3 is 5.97 Å². The Balaban J connectivity index is 1.31. The zero-order valence-electron chi connectivity index (χ0n) is 25.4. The summed E-state index contributed by atoms with van der Waals surface area (Å²) in [4.78, 5) is 24.9. The van der Waals surface area contributed by atoms with Crippen LogP contribution in [-0.4, -0.2) is 72.5 Å². The van der Waals surface area contributed by atoms with Crippen molar-refractivity contribution in [3.05, 3.63) is 90.0 Å². The first-order valence-electron chi connectivity index (χ1n) is 15.2. The molecule has 6 rings (SSSR count). The van der Waals surface area contributed by atoms with Crippen molar-refractivity contribution < 1.29 is 33.3 Å². The van der Waals surface area contributed by atoms with Crippen LogP contribution in [0.1, 0.15) is 54.2 Å². The third-order valence-electron chi connectivity index (χ3n) is 8.47. The molecule has 2 aromatic heterocycles. The minimum Gasteiger partial charge on any atom is -0.478 e. The van der Waals surface area contributed by atoms with E-state index in [9.17, 15) is 15.0 Å². The van der Waals surface area contributed by atoms with Gasteiger partial charge in [0.05, 0.1) is 24.0 Å². The number of carboxylic acids is 1. The molecule has 4 N–H and O–H groups in total. The van der Waals surface area contributed by atoms with Crippen LogP contribution in [0.15, 0.2) is 73.3 Å². The van der Waals surface area contributed by atoms with Crippen molar-refractivity contribution in [1.29, 1.82) is 0 Å². The van der Waals surface area contributed by atoms with Gasteiger partial charge in [0.15, 0.2) is 29.1 Å². The molecular formula is C33H36F2N6O5. The quantitative estimate of drug-likeness (QED) is 0.160. The van der Waals surface area contributed by atoms with Crippen LogP contribution < -0.4 is 10.6 Å². The zero-order chi connectivity index (χ0) is 32.5. The Morgan fingerprint density at radius 1 is 1.13 bits per heavy atom. The smallest absolute Gasteiger partial charge is 0.335 e. The number of fused-ring (bicyclic) bond motifs is 2. The number of rotatable bonds is 12. The van der Waals surface area contributed by atoms with E-state index in [2.05, 4.69) is 25.6 Å². The van der Waals surface area contributed by atoms with E-state index in [-0.39, 0.29) is 17.5 Å². The summed E-state index contributed by atoms with van der Waals surface area (Å²) in [5.74, 6) is -5.99. The summed E-state index contributed by atoms with van der Waals surface area (Å²) >= 11 is 0. The summed E-state index contributed by atoms with van der Waals surface area (Å²) in [6.45, 7) is 4.13. The number of carbonyl (C=O) groups is 1. The summed E-state index contributed by atoms with van der Waals surface area (Å²) in [6.07, 6.45) is 3.23. The van der Waals surface area contributed by atoms with Crippen molar-refractivity contribution in [1.82, 2.24) is 24.8 Å². The lowest BCUT2D eigenvalue weighted by Crippen LogP contribution is -2.36. The average Bonchev–Trinajstić information content (AvgIpc) is 3.69. The molecule has 1 saturated heterocycles. The number of ether oxygens (including phenoxy) is 2. The van der Waals surface area contributed by atoms with Crippen molar-refractivity contribution in [3.63, 3.8) is 0 Å². The molecule has 0 spiro atoms. The first-order chi connectivity index (χ1) is 22.1. The molecule has 2 fully saturated rings. The van der Waals surface area contributed by atoms with E-state index in [0.717, 1.165) is 5.56 Å². The van der Waals surface area contributed by atoms with Gasteiger partial charge in [-0.05, 0) is 49.1 Å². The summed E-state index contributed by atoms with van der Waals surface area (Å²) in [5.41, 5.74) is 1.71. The highest BCUT2D eigenvalue weighted by molar-refractivity contribution is 5.89. The van der Waals surface area contributed by atoms with E-state index >= 15 is 8.78 Å². The van der Waals surface area contributed by atoms with Crippen LogP contribution in [0.5, 0.6) is 0 Å². The van der Waals surface area contributed by atoms with Crippen LogP contribution in [0.2, 0.25) is 0 Å². The second-order valence-electron chi connectivity index (χ2n) is 11.8. The number of halogens is 2. The Labute approximate surface area is 264 Å². The minimum atomic E-state index is -3.23. The van der Waals surface area contributed by atoms with Crippen LogP contribution in [0, 0.1) is 5.92 Å². The maximum Gasteiger partial charge on any atom is 0.335 e. The third kappa shape index (κ3) is 6.63. The zero-order valence-corrected chi connectivity index (χ0v) is 25.4. The lowest BCUT2D eigenvalue weighted by molar-refractivity contribution is -0.142. The standard InChI is InChI=1S/C33H36F2N6O5/c1-3-36-31(44)40-28-25-29(38-18-37-28)41(19-39-25)24-15-22(17-33(34,35)16-21-11-7-8-12-23(21)30(42)43)26-27(24)46-32(2,45-26)14-13-20-9-5-4-6-10-20/h4-14,18-19,22,24,26-27,31,36,44H,3,15-17H2,1-2H3,(H,42,43)(H,37,38,40)/b14-13+. The Hall–Kier alpha value is -4.30. The van der Waals surface area contributed by atoms with E-state index in [1.54, 1.807) is 30.0 Å². The van der Waals surface area contributed by atoms with Crippen LogP contribution in [0.25, 0.3) is 17.2 Å². The molecule has 1 aliphatic carbocycles. The highest BCUT2D eigenvalue weighted by Gasteiger charge is 2.57. The van der Waals surface area contributed by atoms with Crippen LogP contribution >= 0.6 is 0 Å². The van der Waals surface area contributed by atoms with Gasteiger partial charge in [0, 0.05) is 12.8 Å². The SMILES string of the molecule is CCNC(O)Nc1ncnc2c1ncn2C1CC(CC(F)(F)Cc2ccccc2C(=O)O)C2OC(C)(/C=C/c3ccccc3)OC21. The predicted octanol–water partition coefficient (Wildman–Crippen LogP) is 4.86. The molecule has 242 valence electrons. The number of aromatic carboxylic acids is 1. The van der Waals surface area contributed by atoms with E-state index in [1.807, 2.05) is 43.3 Å². The van der Waals surface area contributed by atoms with Gasteiger partial charge < -0.3 is 29.6 Å². The summed E-state index contributed by atoms with van der Waals surface area (Å²) < 4.78 is 46.4. The molecule has 1 saturated carbocycles. The lowest BCUT2D eigenvalue weighted by atomic mass is 9.91. The number of aliphatic hydroxyl groups is 1. The number of imidazole rings is 1. The second kappa shape index (κ2) is 12.8. The fourth-order valence-electron chi connectivity index (χ4n) is 6.50. The van der Waals surface area contributed by atoms with Gasteiger partial charge in [0.1, 0.15) is 12.4 Å². The van der Waals surface area contributed by atoms with Gasteiger partial charge in [-0.25, -0.2) is 28.5 Å². The van der Waals surface area contributed by atoms with E-state index < -0.39 is 61.0 Å². The number of aliphatic hydroxyl groups excluding tert-OH is 1. The van der Waals surface area contributed by atoms with E-state index in [0.29, 0.717) is 23.5 Å². The number of carboxylic acid groups (broad SMARTS) is 1. The van der Waals surface area contributed by atoms with Crippen LogP contribution in [-0.2, 0) is 15.9 Å². The van der Waals surface area contributed by atoms with E-state index in [4.69, 9.17) is 9.47 Å². The molecule has 2 aliphatic rings. The molecule has 6 atom stereocenters. The number of alkyl halides is 2. The summed E-state index contributed by atoms with van der Waals surface area (Å²) in [7, 11) is 0. The first kappa shape index (κ1) is 31.7. The molecule has 0 amide bonds. The minimum absolute atomic E-state index is 0.0717. The molecule has 13 heteroatoms. The third-order valence-corrected chi connectivity index (χ3v) is 8.47. The van der Waals surface area contributed by atoms with E-state index in [1.165, 1.54) is 24.5 Å². The molecule has 11 nitrogen and oxygen atoms in total. The predicted molar refractivity (Wildman–Crippen MR) is 166 cm³/mol. The van der Waals surface area contributed by atoms with Gasteiger partial charge in [-0.2, -0.15) is 0 Å². The monoisotopic (exact) mass is 634 g/mol. The van der Waals surface area contributed by atoms with Crippen LogP contribution in [0.3, 0.4) is 0 Å². The Bertz CT molecular complexity index is 1720. The van der Waals surface area contributed by atoms with Gasteiger partial charge in [0.2, 0.25) is 0 Å². The Morgan fingerprint density at radius 3 is 2.63 bits per heavy atom. The average molecular weight is 635 g/mol. The number of nitrogens with zero attached hydrogens (tertiary/aromatic N) is 4. The molecular weight excluding hydrogens is 598 g/mol. The highest BCUT2D eigenvalue weighted by atomic mass is 19.3. The lowest BCUT2D eigenvalue weighted by Gasteiger charge is -2.27. The van der Waals surface area contributed by atoms with Gasteiger partial charge in [-0.1, -0.05) is 61.5 Å². The van der Waals surface area contributed by atoms with Crippen molar-refractivity contribution in [2.45, 2.75) is 69.4 Å². The summed E-state index contributed by atoms with van der Waals surface area (Å²) in [5, 5.41) is 25.5. The first-order valence-corrected chi connectivity index (χ1v) is 15.2. The largest absolute Gasteiger partial charge is 0.478 e. The molecule has 0 radical (unpaired) electrons. The molecule has 3 heterocycles. The van der Waals surface area contributed by atoms with Crippen molar-refractivity contribution in [2.75, 3.05) is 11.9 Å². The summed E-state index contributed by atoms with van der Waals surface area (Å²) in [6, 6.07) is 15.0. The van der Waals surface area contributed by atoms with Gasteiger partial charge in [0.25, 0.3) is 5.92 Å². The second-order valence-corrected chi connectivity index (χ2v) is 11.8. The molecule has 1 aliphatic heterocycles. The maximum atomic E-state index is 15.8. The molecule has 46 heavy (non-hydrogen) atoms. The normalized spacial score (nSPS) is 25.2. The van der Waals surface area contributed by atoms with Crippen molar-refractivity contribution in [2.24, 2.45) is 5.92 Å². The number of aromatic nitrogens is 4. The maximum absolute atomic E-state index is 15.8. The topological polar surface area (TPSA) is 144 Å². The van der Waals surface area contributed by atoms with Crippen molar-refractivity contribution >= 4 is 29.0 Å². The van der Waals surface area contributed by atoms with Crippen LogP contribution in [0.4, 0.5) is 14.6 Å². The number of nitrogens with one attached hydrogen (secondary N) is 2. The fraction of sp³-hybridized carbons (Fsp3) is 0.394.